The van der Waals surface area contributed by atoms with Gasteiger partial charge >= 0.3 is 6.09 Å². The average Bonchev–Trinajstić information content (AvgIpc) is 2.40. The van der Waals surface area contributed by atoms with Gasteiger partial charge in [-0.15, -0.1) is 0 Å². The molecule has 1 amide bonds. The Morgan fingerprint density at radius 2 is 2.05 bits per heavy atom. The van der Waals surface area contributed by atoms with E-state index in [1.165, 1.54) is 12.1 Å². The van der Waals surface area contributed by atoms with Gasteiger partial charge in [0.05, 0.1) is 0 Å². The molecule has 1 N–H and O–H groups in total. The van der Waals surface area contributed by atoms with Crippen molar-refractivity contribution in [2.24, 2.45) is 0 Å². The van der Waals surface area contributed by atoms with Crippen molar-refractivity contribution in [3.8, 4) is 0 Å². The number of hydrogen-bond acceptors (Lipinski definition) is 3. The topological polar surface area (TPSA) is 41.6 Å². The number of carbonyl (C=O) groups is 1. The van der Waals surface area contributed by atoms with Crippen molar-refractivity contribution < 1.29 is 13.9 Å². The van der Waals surface area contributed by atoms with E-state index in [9.17, 15) is 9.18 Å². The molecule has 0 fully saturated rings. The number of nitrogens with zero attached hydrogens (tertiary/aromatic N) is 1. The summed E-state index contributed by atoms with van der Waals surface area (Å²) in [6.45, 7) is 10.0. The van der Waals surface area contributed by atoms with Crippen LogP contribution in [0.3, 0.4) is 0 Å². The van der Waals surface area contributed by atoms with Crippen molar-refractivity contribution in [2.75, 3.05) is 19.6 Å². The van der Waals surface area contributed by atoms with Crippen molar-refractivity contribution in [3.05, 3.63) is 35.6 Å². The van der Waals surface area contributed by atoms with Crippen molar-refractivity contribution >= 4 is 6.09 Å². The highest BCUT2D eigenvalue weighted by molar-refractivity contribution is 5.68. The second-order valence-electron chi connectivity index (χ2n) is 6.27. The van der Waals surface area contributed by atoms with E-state index < -0.39 is 5.60 Å². The van der Waals surface area contributed by atoms with Gasteiger partial charge in [0.25, 0.3) is 0 Å². The Bertz CT molecular complexity index is 472. The van der Waals surface area contributed by atoms with Crippen LogP contribution >= 0.6 is 0 Å². The highest BCUT2D eigenvalue weighted by atomic mass is 19.1. The Morgan fingerprint density at radius 3 is 2.64 bits per heavy atom. The summed E-state index contributed by atoms with van der Waals surface area (Å²) in [5.41, 5.74) is 0.400. The van der Waals surface area contributed by atoms with Crippen LogP contribution in [0.2, 0.25) is 0 Å². The Kier molecular flexibility index (Phi) is 7.32. The van der Waals surface area contributed by atoms with Crippen molar-refractivity contribution in [1.82, 2.24) is 10.2 Å². The van der Waals surface area contributed by atoms with Gasteiger partial charge in [-0.05, 0) is 44.9 Å². The normalized spacial score (nSPS) is 11.3. The lowest BCUT2D eigenvalue weighted by Crippen LogP contribution is -2.40. The molecule has 0 aliphatic rings. The molecule has 0 unspecified atom stereocenters. The second-order valence-corrected chi connectivity index (χ2v) is 6.27. The monoisotopic (exact) mass is 310 g/mol. The minimum absolute atomic E-state index is 0.235. The summed E-state index contributed by atoms with van der Waals surface area (Å²) in [5.74, 6) is -0.235. The standard InChI is InChI=1S/C17H27FN2O2/c1-5-10-20(16(21)22-17(2,3)4)11-9-19-13-14-7-6-8-15(18)12-14/h6-8,12,19H,5,9-11,13H2,1-4H3. The van der Waals surface area contributed by atoms with Gasteiger partial charge in [-0.25, -0.2) is 9.18 Å². The molecule has 0 atom stereocenters. The fourth-order valence-corrected chi connectivity index (χ4v) is 1.98. The lowest BCUT2D eigenvalue weighted by molar-refractivity contribution is 0.0252. The van der Waals surface area contributed by atoms with Crippen LogP contribution in [0.1, 0.15) is 39.7 Å². The van der Waals surface area contributed by atoms with Gasteiger partial charge in [-0.2, -0.15) is 0 Å². The fourth-order valence-electron chi connectivity index (χ4n) is 1.98. The van der Waals surface area contributed by atoms with E-state index in [2.05, 4.69) is 5.32 Å². The fraction of sp³-hybridized carbons (Fsp3) is 0.588. The first-order chi connectivity index (χ1) is 10.3. The van der Waals surface area contributed by atoms with Gasteiger partial charge in [0.1, 0.15) is 11.4 Å². The first-order valence-electron chi connectivity index (χ1n) is 7.75. The Hall–Kier alpha value is -1.62. The smallest absolute Gasteiger partial charge is 0.410 e. The van der Waals surface area contributed by atoms with Crippen LogP contribution in [0.5, 0.6) is 0 Å². The van der Waals surface area contributed by atoms with E-state index in [0.29, 0.717) is 26.2 Å². The van der Waals surface area contributed by atoms with Crippen molar-refractivity contribution in [2.45, 2.75) is 46.3 Å². The lowest BCUT2D eigenvalue weighted by Gasteiger charge is -2.27. The molecular weight excluding hydrogens is 283 g/mol. The minimum atomic E-state index is -0.488. The molecule has 22 heavy (non-hydrogen) atoms. The SMILES string of the molecule is CCCN(CCNCc1cccc(F)c1)C(=O)OC(C)(C)C. The zero-order valence-electron chi connectivity index (χ0n) is 14.0. The first-order valence-corrected chi connectivity index (χ1v) is 7.75. The van der Waals surface area contributed by atoms with Crippen LogP contribution in [0.4, 0.5) is 9.18 Å². The maximum Gasteiger partial charge on any atom is 0.410 e. The van der Waals surface area contributed by atoms with Gasteiger partial charge in [0, 0.05) is 26.2 Å². The molecule has 1 aromatic carbocycles. The number of benzene rings is 1. The van der Waals surface area contributed by atoms with Gasteiger partial charge in [-0.1, -0.05) is 19.1 Å². The number of nitrogens with one attached hydrogen (secondary N) is 1. The average molecular weight is 310 g/mol. The van der Waals surface area contributed by atoms with Crippen LogP contribution in [0.25, 0.3) is 0 Å². The summed E-state index contributed by atoms with van der Waals surface area (Å²) >= 11 is 0. The van der Waals surface area contributed by atoms with Gasteiger partial charge in [0.2, 0.25) is 0 Å². The maximum absolute atomic E-state index is 13.1. The molecule has 0 saturated heterocycles. The molecule has 0 aromatic heterocycles. The van der Waals surface area contributed by atoms with Crippen molar-refractivity contribution in [1.29, 1.82) is 0 Å². The molecule has 0 radical (unpaired) electrons. The maximum atomic E-state index is 13.1. The summed E-state index contributed by atoms with van der Waals surface area (Å²) in [6.07, 6.45) is 0.588. The number of carbonyl (C=O) groups excluding carboxylic acids is 1. The van der Waals surface area contributed by atoms with Crippen LogP contribution in [-0.4, -0.2) is 36.2 Å². The number of rotatable bonds is 7. The van der Waals surface area contributed by atoms with Gasteiger partial charge in [0.15, 0.2) is 0 Å². The lowest BCUT2D eigenvalue weighted by atomic mass is 10.2. The summed E-state index contributed by atoms with van der Waals surface area (Å²) in [6, 6.07) is 6.49. The molecular formula is C17H27FN2O2. The largest absolute Gasteiger partial charge is 0.444 e. The van der Waals surface area contributed by atoms with Crippen LogP contribution in [-0.2, 0) is 11.3 Å². The molecule has 1 aromatic rings. The highest BCUT2D eigenvalue weighted by Crippen LogP contribution is 2.10. The zero-order chi connectivity index (χ0) is 16.6. The molecule has 5 heteroatoms. The predicted octanol–water partition coefficient (Wildman–Crippen LogP) is 3.56. The van der Waals surface area contributed by atoms with E-state index in [-0.39, 0.29) is 11.9 Å². The van der Waals surface area contributed by atoms with E-state index >= 15 is 0 Å². The Morgan fingerprint density at radius 1 is 1.32 bits per heavy atom. The molecule has 0 aliphatic carbocycles. The molecule has 124 valence electrons. The number of amides is 1. The quantitative estimate of drug-likeness (QED) is 0.783. The van der Waals surface area contributed by atoms with Crippen LogP contribution < -0.4 is 5.32 Å². The summed E-state index contributed by atoms with van der Waals surface area (Å²) in [5, 5.41) is 3.22. The summed E-state index contributed by atoms with van der Waals surface area (Å²) in [7, 11) is 0. The summed E-state index contributed by atoms with van der Waals surface area (Å²) < 4.78 is 18.5. The Balaban J connectivity index is 2.39. The molecule has 0 saturated carbocycles. The van der Waals surface area contributed by atoms with E-state index in [1.807, 2.05) is 33.8 Å². The molecule has 0 heterocycles. The molecule has 4 nitrogen and oxygen atoms in total. The molecule has 0 bridgehead atoms. The molecule has 1 rings (SSSR count). The van der Waals surface area contributed by atoms with Crippen LogP contribution in [0, 0.1) is 5.82 Å². The second kappa shape index (κ2) is 8.73. The number of halogens is 1. The third-order valence-corrected chi connectivity index (χ3v) is 2.92. The van der Waals surface area contributed by atoms with Crippen molar-refractivity contribution in [3.63, 3.8) is 0 Å². The summed E-state index contributed by atoms with van der Waals surface area (Å²) in [4.78, 5) is 13.8. The third kappa shape index (κ3) is 7.41. The third-order valence-electron chi connectivity index (χ3n) is 2.92. The Labute approximate surface area is 132 Å². The molecule has 0 aliphatic heterocycles. The van der Waals surface area contributed by atoms with E-state index in [0.717, 1.165) is 12.0 Å². The number of hydrogen-bond donors (Lipinski definition) is 1. The number of ether oxygens (including phenoxy) is 1. The van der Waals surface area contributed by atoms with Gasteiger partial charge < -0.3 is 15.0 Å². The zero-order valence-corrected chi connectivity index (χ0v) is 14.0. The predicted molar refractivity (Wildman–Crippen MR) is 86.2 cm³/mol. The molecule has 0 spiro atoms. The van der Waals surface area contributed by atoms with E-state index in [1.54, 1.807) is 11.0 Å². The highest BCUT2D eigenvalue weighted by Gasteiger charge is 2.21. The first kappa shape index (κ1) is 18.4. The van der Waals surface area contributed by atoms with E-state index in [4.69, 9.17) is 4.74 Å². The van der Waals surface area contributed by atoms with Gasteiger partial charge in [-0.3, -0.25) is 0 Å². The van der Waals surface area contributed by atoms with Crippen LogP contribution in [0.15, 0.2) is 24.3 Å². The minimum Gasteiger partial charge on any atom is -0.444 e.